The summed E-state index contributed by atoms with van der Waals surface area (Å²) in [6.07, 6.45) is 2.82. The van der Waals surface area contributed by atoms with Crippen molar-refractivity contribution in [3.8, 4) is 0 Å². The number of halogens is 3. The normalized spacial score (nSPS) is 15.7. The number of benzene rings is 1. The fraction of sp³-hybridized carbons (Fsp3) is 0.588. The van der Waals surface area contributed by atoms with Gasteiger partial charge in [0.05, 0.1) is 13.2 Å². The van der Waals surface area contributed by atoms with E-state index in [0.29, 0.717) is 22.5 Å². The number of aliphatic imine (C=N–C) groups is 1. The number of ether oxygens (including phenoxy) is 1. The zero-order chi connectivity index (χ0) is 17.2. The minimum Gasteiger partial charge on any atom is -0.379 e. The first-order valence-corrected chi connectivity index (χ1v) is 9.18. The molecule has 0 aromatic heterocycles. The maximum absolute atomic E-state index is 6.15. The van der Waals surface area contributed by atoms with Crippen molar-refractivity contribution in [3.05, 3.63) is 33.8 Å². The van der Waals surface area contributed by atoms with E-state index < -0.39 is 0 Å². The lowest BCUT2D eigenvalue weighted by molar-refractivity contribution is 0.0376. The molecule has 1 aliphatic heterocycles. The number of morpholine rings is 1. The molecule has 0 aliphatic carbocycles. The van der Waals surface area contributed by atoms with Crippen LogP contribution in [0.25, 0.3) is 0 Å². The van der Waals surface area contributed by atoms with Crippen LogP contribution in [0.3, 0.4) is 0 Å². The number of nitrogens with zero attached hydrogens (tertiary/aromatic N) is 2. The summed E-state index contributed by atoms with van der Waals surface area (Å²) >= 11 is 12.0. The van der Waals surface area contributed by atoms with Gasteiger partial charge in [-0.3, -0.25) is 9.89 Å². The maximum Gasteiger partial charge on any atom is 0.188 e. The minimum atomic E-state index is 0. The van der Waals surface area contributed by atoms with Crippen LogP contribution in [0.2, 0.25) is 10.0 Å². The number of hydrogen-bond donors (Lipinski definition) is 2. The Morgan fingerprint density at radius 1 is 1.24 bits per heavy atom. The van der Waals surface area contributed by atoms with Crippen molar-refractivity contribution >= 4 is 53.1 Å². The molecule has 5 nitrogen and oxygen atoms in total. The number of guanidine groups is 1. The van der Waals surface area contributed by atoms with Crippen LogP contribution in [-0.4, -0.2) is 56.8 Å². The van der Waals surface area contributed by atoms with Gasteiger partial charge in [0, 0.05) is 36.2 Å². The van der Waals surface area contributed by atoms with E-state index in [2.05, 4.69) is 15.2 Å². The molecule has 0 atom stereocenters. The first-order chi connectivity index (χ1) is 11.6. The molecule has 0 spiro atoms. The highest BCUT2D eigenvalue weighted by Gasteiger charge is 2.09. The molecule has 1 heterocycles. The highest BCUT2D eigenvalue weighted by Crippen LogP contribution is 2.21. The minimum absolute atomic E-state index is 0. The maximum atomic E-state index is 6.15. The molecule has 25 heavy (non-hydrogen) atoms. The summed E-state index contributed by atoms with van der Waals surface area (Å²) in [5, 5.41) is 4.53. The van der Waals surface area contributed by atoms with Crippen LogP contribution in [0.4, 0.5) is 0 Å². The molecule has 1 aromatic rings. The molecule has 0 amide bonds. The smallest absolute Gasteiger partial charge is 0.188 e. The van der Waals surface area contributed by atoms with Gasteiger partial charge in [-0.2, -0.15) is 0 Å². The van der Waals surface area contributed by atoms with Crippen LogP contribution in [0.1, 0.15) is 18.4 Å². The molecule has 0 saturated carbocycles. The first kappa shape index (κ1) is 22.8. The summed E-state index contributed by atoms with van der Waals surface area (Å²) in [7, 11) is 0. The van der Waals surface area contributed by atoms with Gasteiger partial charge in [0.1, 0.15) is 0 Å². The monoisotopic (exact) mass is 500 g/mol. The van der Waals surface area contributed by atoms with Crippen LogP contribution in [0.5, 0.6) is 0 Å². The molecule has 1 aromatic carbocycles. The summed E-state index contributed by atoms with van der Waals surface area (Å²) in [5.41, 5.74) is 6.97. The summed E-state index contributed by atoms with van der Waals surface area (Å²) in [5.74, 6) is 0.513. The van der Waals surface area contributed by atoms with E-state index in [-0.39, 0.29) is 24.0 Å². The molecule has 2 rings (SSSR count). The van der Waals surface area contributed by atoms with Crippen LogP contribution < -0.4 is 11.1 Å². The Labute approximate surface area is 177 Å². The lowest BCUT2D eigenvalue weighted by Gasteiger charge is -2.26. The highest BCUT2D eigenvalue weighted by atomic mass is 127. The molecule has 0 bridgehead atoms. The predicted octanol–water partition coefficient (Wildman–Crippen LogP) is 3.17. The van der Waals surface area contributed by atoms with Gasteiger partial charge in [-0.15, -0.1) is 24.0 Å². The van der Waals surface area contributed by atoms with Gasteiger partial charge in [-0.25, -0.2) is 0 Å². The summed E-state index contributed by atoms with van der Waals surface area (Å²) < 4.78 is 5.33. The number of nitrogens with two attached hydrogens (primary N) is 1. The summed E-state index contributed by atoms with van der Waals surface area (Å²) in [4.78, 5) is 6.76. The van der Waals surface area contributed by atoms with Crippen molar-refractivity contribution < 1.29 is 4.74 Å². The molecule has 1 saturated heterocycles. The molecule has 1 aliphatic rings. The summed E-state index contributed by atoms with van der Waals surface area (Å²) in [6.45, 7) is 6.33. The van der Waals surface area contributed by atoms with E-state index in [9.17, 15) is 0 Å². The van der Waals surface area contributed by atoms with Crippen LogP contribution >= 0.6 is 47.2 Å². The molecule has 1 fully saturated rings. The Morgan fingerprint density at radius 2 is 2.00 bits per heavy atom. The SMILES string of the molecule is I.NC(=NCCCc1ccc(Cl)cc1Cl)NCCCN1CCOCC1. The Bertz CT molecular complexity index is 539. The van der Waals surface area contributed by atoms with Crippen molar-refractivity contribution in [1.29, 1.82) is 0 Å². The van der Waals surface area contributed by atoms with Crippen molar-refractivity contribution in [3.63, 3.8) is 0 Å². The van der Waals surface area contributed by atoms with Crippen molar-refractivity contribution in [2.45, 2.75) is 19.3 Å². The van der Waals surface area contributed by atoms with Crippen molar-refractivity contribution in [2.75, 3.05) is 45.9 Å². The van der Waals surface area contributed by atoms with E-state index in [4.69, 9.17) is 33.7 Å². The molecule has 0 radical (unpaired) electrons. The third-order valence-electron chi connectivity index (χ3n) is 3.96. The van der Waals surface area contributed by atoms with Gasteiger partial charge >= 0.3 is 0 Å². The quantitative estimate of drug-likeness (QED) is 0.249. The zero-order valence-corrected chi connectivity index (χ0v) is 18.2. The fourth-order valence-electron chi connectivity index (χ4n) is 2.59. The Kier molecular flexibility index (Phi) is 11.8. The van der Waals surface area contributed by atoms with E-state index in [1.807, 2.05) is 12.1 Å². The van der Waals surface area contributed by atoms with E-state index in [1.165, 1.54) is 0 Å². The second-order valence-corrected chi connectivity index (χ2v) is 6.68. The largest absolute Gasteiger partial charge is 0.379 e. The second-order valence-electron chi connectivity index (χ2n) is 5.84. The van der Waals surface area contributed by atoms with Gasteiger partial charge in [0.15, 0.2) is 5.96 Å². The molecule has 3 N–H and O–H groups in total. The molecule has 8 heteroatoms. The van der Waals surface area contributed by atoms with Gasteiger partial charge < -0.3 is 15.8 Å². The topological polar surface area (TPSA) is 62.9 Å². The Hall–Kier alpha value is -0.280. The summed E-state index contributed by atoms with van der Waals surface area (Å²) in [6, 6.07) is 5.59. The van der Waals surface area contributed by atoms with Crippen LogP contribution in [0, 0.1) is 0 Å². The number of nitrogens with one attached hydrogen (secondary N) is 1. The van der Waals surface area contributed by atoms with Gasteiger partial charge in [-0.05, 0) is 43.5 Å². The number of hydrogen-bond acceptors (Lipinski definition) is 3. The average Bonchev–Trinajstić information content (AvgIpc) is 2.58. The standard InChI is InChI=1S/C17H26Cl2N4O.HI/c18-15-5-4-14(16(19)13-15)3-1-6-21-17(20)22-7-2-8-23-9-11-24-12-10-23;/h4-5,13H,1-3,6-12H2,(H3,20,21,22);1H. The zero-order valence-electron chi connectivity index (χ0n) is 14.3. The fourth-order valence-corrected chi connectivity index (χ4v) is 3.10. The van der Waals surface area contributed by atoms with E-state index in [0.717, 1.165) is 64.2 Å². The van der Waals surface area contributed by atoms with Crippen molar-refractivity contribution in [2.24, 2.45) is 10.7 Å². The second kappa shape index (κ2) is 13.0. The van der Waals surface area contributed by atoms with Crippen LogP contribution in [0.15, 0.2) is 23.2 Å². The highest BCUT2D eigenvalue weighted by molar-refractivity contribution is 14.0. The molecular weight excluding hydrogens is 474 g/mol. The first-order valence-electron chi connectivity index (χ1n) is 8.43. The van der Waals surface area contributed by atoms with Gasteiger partial charge in [-0.1, -0.05) is 29.3 Å². The number of rotatable bonds is 8. The van der Waals surface area contributed by atoms with E-state index in [1.54, 1.807) is 6.07 Å². The van der Waals surface area contributed by atoms with Crippen LogP contribution in [-0.2, 0) is 11.2 Å². The number of aryl methyl sites for hydroxylation is 1. The van der Waals surface area contributed by atoms with Gasteiger partial charge in [0.2, 0.25) is 0 Å². The Morgan fingerprint density at radius 3 is 2.72 bits per heavy atom. The molecule has 142 valence electrons. The Balaban J connectivity index is 0.00000312. The third kappa shape index (κ3) is 9.28. The van der Waals surface area contributed by atoms with Crippen molar-refractivity contribution in [1.82, 2.24) is 10.2 Å². The third-order valence-corrected chi connectivity index (χ3v) is 4.55. The molecule has 0 unspecified atom stereocenters. The lowest BCUT2D eigenvalue weighted by Crippen LogP contribution is -2.39. The molecular formula is C17H27Cl2IN4O. The lowest BCUT2D eigenvalue weighted by atomic mass is 10.1. The van der Waals surface area contributed by atoms with E-state index >= 15 is 0 Å². The predicted molar refractivity (Wildman–Crippen MR) is 117 cm³/mol. The van der Waals surface area contributed by atoms with Gasteiger partial charge in [0.25, 0.3) is 0 Å². The average molecular weight is 501 g/mol.